The molecule has 0 fully saturated rings. The summed E-state index contributed by atoms with van der Waals surface area (Å²) < 4.78 is 5.68. The number of carbonyl (C=O) groups excluding carboxylic acids is 1. The van der Waals surface area contributed by atoms with E-state index in [4.69, 9.17) is 16.3 Å². The smallest absolute Gasteiger partial charge is 0.265 e. The first-order valence-electron chi connectivity index (χ1n) is 8.01. The van der Waals surface area contributed by atoms with Crippen LogP contribution in [0.25, 0.3) is 11.1 Å². The molecule has 3 nitrogen and oxygen atoms in total. The van der Waals surface area contributed by atoms with Gasteiger partial charge in [0.05, 0.1) is 0 Å². The highest BCUT2D eigenvalue weighted by Crippen LogP contribution is 2.28. The largest absolute Gasteiger partial charge is 0.481 e. The topological polar surface area (TPSA) is 38.3 Å². The Kier molecular flexibility index (Phi) is 5.36. The third-order valence-corrected chi connectivity index (χ3v) is 3.98. The van der Waals surface area contributed by atoms with Gasteiger partial charge in [0.15, 0.2) is 6.10 Å². The van der Waals surface area contributed by atoms with E-state index in [0.717, 1.165) is 16.8 Å². The van der Waals surface area contributed by atoms with E-state index >= 15 is 0 Å². The average Bonchev–Trinajstić information content (AvgIpc) is 2.63. The fourth-order valence-electron chi connectivity index (χ4n) is 2.49. The summed E-state index contributed by atoms with van der Waals surface area (Å²) in [7, 11) is 0. The molecule has 1 atom stereocenters. The maximum absolute atomic E-state index is 12.5. The molecule has 0 saturated heterocycles. The van der Waals surface area contributed by atoms with Crippen LogP contribution >= 0.6 is 11.6 Å². The van der Waals surface area contributed by atoms with Gasteiger partial charge in [0.25, 0.3) is 5.91 Å². The Balaban J connectivity index is 1.75. The number of ether oxygens (including phenoxy) is 1. The van der Waals surface area contributed by atoms with Gasteiger partial charge in [0.1, 0.15) is 5.75 Å². The second-order valence-electron chi connectivity index (χ2n) is 5.62. The van der Waals surface area contributed by atoms with Crippen LogP contribution in [0.1, 0.15) is 6.92 Å². The Bertz CT molecular complexity index is 865. The number of anilines is 1. The maximum Gasteiger partial charge on any atom is 0.265 e. The summed E-state index contributed by atoms with van der Waals surface area (Å²) in [6.45, 7) is 1.71. The van der Waals surface area contributed by atoms with Crippen molar-refractivity contribution in [2.45, 2.75) is 13.0 Å². The monoisotopic (exact) mass is 351 g/mol. The van der Waals surface area contributed by atoms with E-state index in [2.05, 4.69) is 5.32 Å². The SMILES string of the molecule is CC(Oc1cccc(Cl)c1)C(=O)Nc1ccccc1-c1ccccc1. The normalized spacial score (nSPS) is 11.6. The highest BCUT2D eigenvalue weighted by atomic mass is 35.5. The lowest BCUT2D eigenvalue weighted by Gasteiger charge is -2.17. The molecule has 1 unspecified atom stereocenters. The molecule has 0 bridgehead atoms. The summed E-state index contributed by atoms with van der Waals surface area (Å²) in [5, 5.41) is 3.52. The summed E-state index contributed by atoms with van der Waals surface area (Å²) in [6.07, 6.45) is -0.651. The first-order valence-corrected chi connectivity index (χ1v) is 8.39. The molecule has 0 radical (unpaired) electrons. The number of hydrogen-bond donors (Lipinski definition) is 1. The number of para-hydroxylation sites is 1. The molecule has 3 aromatic rings. The quantitative estimate of drug-likeness (QED) is 0.667. The summed E-state index contributed by atoms with van der Waals surface area (Å²) in [6, 6.07) is 24.6. The van der Waals surface area contributed by atoms with Crippen LogP contribution in [-0.2, 0) is 4.79 Å². The van der Waals surface area contributed by atoms with Crippen LogP contribution in [0.15, 0.2) is 78.9 Å². The summed E-state index contributed by atoms with van der Waals surface area (Å²) >= 11 is 5.95. The van der Waals surface area contributed by atoms with E-state index in [0.29, 0.717) is 10.8 Å². The zero-order valence-electron chi connectivity index (χ0n) is 13.8. The van der Waals surface area contributed by atoms with Crippen LogP contribution < -0.4 is 10.1 Å². The van der Waals surface area contributed by atoms with Gasteiger partial charge in [-0.25, -0.2) is 0 Å². The predicted molar refractivity (Wildman–Crippen MR) is 102 cm³/mol. The van der Waals surface area contributed by atoms with Crippen LogP contribution in [-0.4, -0.2) is 12.0 Å². The lowest BCUT2D eigenvalue weighted by Crippen LogP contribution is -2.30. The summed E-state index contributed by atoms with van der Waals surface area (Å²) in [4.78, 5) is 12.5. The fraction of sp³-hybridized carbons (Fsp3) is 0.0952. The van der Waals surface area contributed by atoms with E-state index in [1.165, 1.54) is 0 Å². The van der Waals surface area contributed by atoms with E-state index in [1.54, 1.807) is 31.2 Å². The van der Waals surface area contributed by atoms with Crippen LogP contribution in [0.2, 0.25) is 5.02 Å². The summed E-state index contributed by atoms with van der Waals surface area (Å²) in [5.74, 6) is 0.342. The molecule has 4 heteroatoms. The average molecular weight is 352 g/mol. The van der Waals surface area contributed by atoms with Crippen molar-refractivity contribution in [3.05, 3.63) is 83.9 Å². The predicted octanol–water partition coefficient (Wildman–Crippen LogP) is 5.41. The van der Waals surface area contributed by atoms with Crippen molar-refractivity contribution in [3.8, 4) is 16.9 Å². The minimum atomic E-state index is -0.651. The van der Waals surface area contributed by atoms with E-state index in [9.17, 15) is 4.79 Å². The Morgan fingerprint density at radius 2 is 1.68 bits per heavy atom. The lowest BCUT2D eigenvalue weighted by molar-refractivity contribution is -0.122. The zero-order chi connectivity index (χ0) is 17.6. The van der Waals surface area contributed by atoms with Gasteiger partial charge >= 0.3 is 0 Å². The van der Waals surface area contributed by atoms with Crippen molar-refractivity contribution in [1.82, 2.24) is 0 Å². The maximum atomic E-state index is 12.5. The van der Waals surface area contributed by atoms with E-state index in [1.807, 2.05) is 54.6 Å². The van der Waals surface area contributed by atoms with Crippen LogP contribution in [0.5, 0.6) is 5.75 Å². The number of rotatable bonds is 5. The van der Waals surface area contributed by atoms with Gasteiger partial charge in [-0.2, -0.15) is 0 Å². The summed E-state index contributed by atoms with van der Waals surface area (Å²) in [5.41, 5.74) is 2.76. The molecule has 1 N–H and O–H groups in total. The standard InChI is InChI=1S/C21H18ClNO2/c1-15(25-18-11-7-10-17(22)14-18)21(24)23-20-13-6-5-12-19(20)16-8-3-2-4-9-16/h2-15H,1H3,(H,23,24). The molecule has 0 heterocycles. The Labute approximate surface area is 152 Å². The van der Waals surface area contributed by atoms with Gasteiger partial charge in [-0.15, -0.1) is 0 Å². The van der Waals surface area contributed by atoms with Crippen LogP contribution in [0.3, 0.4) is 0 Å². The molecule has 3 rings (SSSR count). The van der Waals surface area contributed by atoms with Crippen molar-refractivity contribution in [2.24, 2.45) is 0 Å². The van der Waals surface area contributed by atoms with Crippen molar-refractivity contribution in [2.75, 3.05) is 5.32 Å². The zero-order valence-corrected chi connectivity index (χ0v) is 14.5. The second-order valence-corrected chi connectivity index (χ2v) is 6.05. The van der Waals surface area contributed by atoms with Gasteiger partial charge in [-0.3, -0.25) is 4.79 Å². The second kappa shape index (κ2) is 7.86. The first kappa shape index (κ1) is 17.1. The van der Waals surface area contributed by atoms with Gasteiger partial charge in [0, 0.05) is 16.3 Å². The highest BCUT2D eigenvalue weighted by Gasteiger charge is 2.16. The Morgan fingerprint density at radius 3 is 2.44 bits per heavy atom. The van der Waals surface area contributed by atoms with Crippen LogP contribution in [0, 0.1) is 0 Å². The van der Waals surface area contributed by atoms with Crippen LogP contribution in [0.4, 0.5) is 5.69 Å². The van der Waals surface area contributed by atoms with Crippen molar-refractivity contribution >= 4 is 23.2 Å². The number of halogens is 1. The minimum Gasteiger partial charge on any atom is -0.481 e. The number of benzene rings is 3. The van der Waals surface area contributed by atoms with E-state index in [-0.39, 0.29) is 5.91 Å². The Morgan fingerprint density at radius 1 is 0.960 bits per heavy atom. The van der Waals surface area contributed by atoms with Gasteiger partial charge in [-0.05, 0) is 36.8 Å². The third-order valence-electron chi connectivity index (χ3n) is 3.75. The molecule has 25 heavy (non-hydrogen) atoms. The Hall–Kier alpha value is -2.78. The molecule has 3 aromatic carbocycles. The molecule has 0 aliphatic carbocycles. The fourth-order valence-corrected chi connectivity index (χ4v) is 2.67. The van der Waals surface area contributed by atoms with Crippen molar-refractivity contribution in [3.63, 3.8) is 0 Å². The molecule has 126 valence electrons. The molecule has 0 aromatic heterocycles. The molecular weight excluding hydrogens is 334 g/mol. The van der Waals surface area contributed by atoms with Gasteiger partial charge in [0.2, 0.25) is 0 Å². The lowest BCUT2D eigenvalue weighted by atomic mass is 10.0. The van der Waals surface area contributed by atoms with Crippen molar-refractivity contribution < 1.29 is 9.53 Å². The first-order chi connectivity index (χ1) is 12.1. The number of nitrogens with one attached hydrogen (secondary N) is 1. The number of carbonyl (C=O) groups is 1. The number of amides is 1. The molecule has 0 spiro atoms. The molecular formula is C21H18ClNO2. The third kappa shape index (κ3) is 4.40. The van der Waals surface area contributed by atoms with E-state index < -0.39 is 6.10 Å². The van der Waals surface area contributed by atoms with Gasteiger partial charge in [-0.1, -0.05) is 66.2 Å². The highest BCUT2D eigenvalue weighted by molar-refractivity contribution is 6.30. The van der Waals surface area contributed by atoms with Gasteiger partial charge < -0.3 is 10.1 Å². The molecule has 0 aliphatic heterocycles. The van der Waals surface area contributed by atoms with Crippen molar-refractivity contribution in [1.29, 1.82) is 0 Å². The molecule has 1 amide bonds. The molecule has 0 aliphatic rings. The number of hydrogen-bond acceptors (Lipinski definition) is 2. The minimum absolute atomic E-state index is 0.219. The molecule has 0 saturated carbocycles.